The van der Waals surface area contributed by atoms with Gasteiger partial charge in [-0.05, 0) is 18.8 Å². The first-order chi connectivity index (χ1) is 4.81. The maximum absolute atomic E-state index is 5.63. The Morgan fingerprint density at radius 2 is 2.10 bits per heavy atom. The third-order valence-corrected chi connectivity index (χ3v) is 2.09. The maximum Gasteiger partial charge on any atom is 0.0462 e. The molecule has 0 aromatic heterocycles. The molecular formula is C8H17ClO. The molecule has 0 spiro atoms. The molecule has 62 valence electrons. The molecule has 0 radical (unpaired) electrons. The predicted molar refractivity (Wildman–Crippen MR) is 45.6 cm³/mol. The van der Waals surface area contributed by atoms with Crippen LogP contribution in [0.3, 0.4) is 0 Å². The van der Waals surface area contributed by atoms with E-state index in [-0.39, 0.29) is 0 Å². The molecule has 0 N–H and O–H groups in total. The Kier molecular flexibility index (Phi) is 7.54. The van der Waals surface area contributed by atoms with Crippen LogP contribution in [0.1, 0.15) is 26.2 Å². The van der Waals surface area contributed by atoms with E-state index in [9.17, 15) is 0 Å². The summed E-state index contributed by atoms with van der Waals surface area (Å²) in [6.45, 7) is 3.06. The summed E-state index contributed by atoms with van der Waals surface area (Å²) in [6, 6.07) is 0. The minimum atomic E-state index is 0.665. The van der Waals surface area contributed by atoms with Crippen molar-refractivity contribution in [3.05, 3.63) is 0 Å². The van der Waals surface area contributed by atoms with Gasteiger partial charge in [0.1, 0.15) is 0 Å². The number of hydrogen-bond acceptors (Lipinski definition) is 1. The van der Waals surface area contributed by atoms with Gasteiger partial charge in [0.2, 0.25) is 0 Å². The fourth-order valence-electron chi connectivity index (χ4n) is 0.816. The lowest BCUT2D eigenvalue weighted by Gasteiger charge is -2.05. The number of hydrogen-bond donors (Lipinski definition) is 0. The normalized spacial score (nSPS) is 13.5. The van der Waals surface area contributed by atoms with Gasteiger partial charge in [-0.3, -0.25) is 0 Å². The van der Waals surface area contributed by atoms with Crippen LogP contribution in [0.4, 0.5) is 0 Å². The molecule has 1 nitrogen and oxygen atoms in total. The Balaban J connectivity index is 2.89. The van der Waals surface area contributed by atoms with Crippen molar-refractivity contribution >= 4 is 11.6 Å². The molecule has 0 aliphatic rings. The molecule has 0 aliphatic heterocycles. The van der Waals surface area contributed by atoms with Crippen LogP contribution < -0.4 is 0 Å². The summed E-state index contributed by atoms with van der Waals surface area (Å²) in [4.78, 5) is 0. The highest BCUT2D eigenvalue weighted by molar-refractivity contribution is 6.18. The van der Waals surface area contributed by atoms with E-state index in [0.29, 0.717) is 5.92 Å². The van der Waals surface area contributed by atoms with Crippen molar-refractivity contribution < 1.29 is 4.74 Å². The Morgan fingerprint density at radius 1 is 1.40 bits per heavy atom. The van der Waals surface area contributed by atoms with Crippen LogP contribution in [0.25, 0.3) is 0 Å². The summed E-state index contributed by atoms with van der Waals surface area (Å²) in [7, 11) is 1.74. The fourth-order valence-corrected chi connectivity index (χ4v) is 0.971. The average molecular weight is 165 g/mol. The Labute approximate surface area is 68.7 Å². The number of methoxy groups -OCH3 is 1. The molecule has 2 heteroatoms. The Hall–Kier alpha value is 0.250. The molecular weight excluding hydrogens is 148 g/mol. The standard InChI is InChI=1S/C8H17ClO/c1-8(7-9)5-3-4-6-10-2/h8H,3-7H2,1-2H3. The van der Waals surface area contributed by atoms with Crippen LogP contribution >= 0.6 is 11.6 Å². The predicted octanol–water partition coefficient (Wildman–Crippen LogP) is 2.68. The molecule has 1 atom stereocenters. The SMILES string of the molecule is COCCCCC(C)CCl. The minimum Gasteiger partial charge on any atom is -0.385 e. The van der Waals surface area contributed by atoms with Gasteiger partial charge in [0.25, 0.3) is 0 Å². The maximum atomic E-state index is 5.63. The number of halogens is 1. The molecule has 0 heterocycles. The van der Waals surface area contributed by atoms with E-state index < -0.39 is 0 Å². The zero-order valence-electron chi connectivity index (χ0n) is 6.90. The monoisotopic (exact) mass is 164 g/mol. The van der Waals surface area contributed by atoms with Gasteiger partial charge in [-0.2, -0.15) is 0 Å². The van der Waals surface area contributed by atoms with E-state index in [4.69, 9.17) is 16.3 Å². The van der Waals surface area contributed by atoms with Crippen molar-refractivity contribution in [2.45, 2.75) is 26.2 Å². The number of rotatable bonds is 6. The average Bonchev–Trinajstić information content (AvgIpc) is 1.98. The quantitative estimate of drug-likeness (QED) is 0.433. The van der Waals surface area contributed by atoms with Gasteiger partial charge in [-0.15, -0.1) is 11.6 Å². The molecule has 0 bridgehead atoms. The first-order valence-electron chi connectivity index (χ1n) is 3.86. The van der Waals surface area contributed by atoms with Gasteiger partial charge in [0.05, 0.1) is 0 Å². The summed E-state index contributed by atoms with van der Waals surface area (Å²) in [5.41, 5.74) is 0. The second-order valence-corrected chi connectivity index (χ2v) is 3.06. The third kappa shape index (κ3) is 6.37. The molecule has 0 amide bonds. The van der Waals surface area contributed by atoms with E-state index in [0.717, 1.165) is 18.9 Å². The van der Waals surface area contributed by atoms with Crippen molar-refractivity contribution in [3.8, 4) is 0 Å². The summed E-state index contributed by atoms with van der Waals surface area (Å²) in [6.07, 6.45) is 3.63. The van der Waals surface area contributed by atoms with Crippen LogP contribution in [-0.2, 0) is 4.74 Å². The van der Waals surface area contributed by atoms with Crippen LogP contribution in [0.5, 0.6) is 0 Å². The van der Waals surface area contributed by atoms with Gasteiger partial charge in [0, 0.05) is 19.6 Å². The van der Waals surface area contributed by atoms with Crippen LogP contribution in [0.15, 0.2) is 0 Å². The van der Waals surface area contributed by atoms with Crippen LogP contribution in [0, 0.1) is 5.92 Å². The first-order valence-corrected chi connectivity index (χ1v) is 4.39. The molecule has 0 aromatic rings. The van der Waals surface area contributed by atoms with Crippen molar-refractivity contribution in [1.82, 2.24) is 0 Å². The largest absolute Gasteiger partial charge is 0.385 e. The summed E-state index contributed by atoms with van der Waals surface area (Å²) < 4.78 is 4.92. The van der Waals surface area contributed by atoms with Crippen LogP contribution in [-0.4, -0.2) is 19.6 Å². The van der Waals surface area contributed by atoms with Crippen LogP contribution in [0.2, 0.25) is 0 Å². The smallest absolute Gasteiger partial charge is 0.0462 e. The van der Waals surface area contributed by atoms with E-state index in [1.165, 1.54) is 12.8 Å². The van der Waals surface area contributed by atoms with Gasteiger partial charge in [-0.1, -0.05) is 13.3 Å². The zero-order chi connectivity index (χ0) is 7.82. The van der Waals surface area contributed by atoms with Gasteiger partial charge in [-0.25, -0.2) is 0 Å². The molecule has 10 heavy (non-hydrogen) atoms. The Morgan fingerprint density at radius 3 is 2.60 bits per heavy atom. The van der Waals surface area contributed by atoms with Crippen molar-refractivity contribution in [3.63, 3.8) is 0 Å². The molecule has 1 unspecified atom stereocenters. The fraction of sp³-hybridized carbons (Fsp3) is 1.00. The molecule has 0 aliphatic carbocycles. The summed E-state index contributed by atoms with van der Waals surface area (Å²) in [5.74, 6) is 1.45. The highest BCUT2D eigenvalue weighted by Crippen LogP contribution is 2.08. The van der Waals surface area contributed by atoms with Gasteiger partial charge >= 0.3 is 0 Å². The lowest BCUT2D eigenvalue weighted by molar-refractivity contribution is 0.191. The highest BCUT2D eigenvalue weighted by Gasteiger charge is 1.97. The molecule has 0 fully saturated rings. The zero-order valence-corrected chi connectivity index (χ0v) is 7.66. The lowest BCUT2D eigenvalue weighted by atomic mass is 10.1. The van der Waals surface area contributed by atoms with Crippen molar-refractivity contribution in [2.24, 2.45) is 5.92 Å². The topological polar surface area (TPSA) is 9.23 Å². The van der Waals surface area contributed by atoms with Crippen molar-refractivity contribution in [1.29, 1.82) is 0 Å². The number of unbranched alkanes of at least 4 members (excludes halogenated alkanes) is 1. The lowest BCUT2D eigenvalue weighted by Crippen LogP contribution is -1.97. The van der Waals surface area contributed by atoms with E-state index in [2.05, 4.69) is 6.92 Å². The van der Waals surface area contributed by atoms with E-state index in [1.807, 2.05) is 0 Å². The third-order valence-electron chi connectivity index (χ3n) is 1.56. The van der Waals surface area contributed by atoms with E-state index in [1.54, 1.807) is 7.11 Å². The van der Waals surface area contributed by atoms with Gasteiger partial charge < -0.3 is 4.74 Å². The van der Waals surface area contributed by atoms with Gasteiger partial charge in [0.15, 0.2) is 0 Å². The molecule has 0 aromatic carbocycles. The van der Waals surface area contributed by atoms with Crippen molar-refractivity contribution in [2.75, 3.05) is 19.6 Å². The Bertz CT molecular complexity index is 66.3. The number of ether oxygens (including phenoxy) is 1. The second kappa shape index (κ2) is 7.36. The first kappa shape index (κ1) is 10.2. The second-order valence-electron chi connectivity index (χ2n) is 2.75. The molecule has 0 saturated heterocycles. The summed E-state index contributed by atoms with van der Waals surface area (Å²) >= 11 is 5.63. The summed E-state index contributed by atoms with van der Waals surface area (Å²) in [5, 5.41) is 0. The van der Waals surface area contributed by atoms with E-state index >= 15 is 0 Å². The highest BCUT2D eigenvalue weighted by atomic mass is 35.5. The molecule has 0 saturated carbocycles. The number of alkyl halides is 1. The molecule has 0 rings (SSSR count). The minimum absolute atomic E-state index is 0.665.